The van der Waals surface area contributed by atoms with E-state index < -0.39 is 0 Å². The third kappa shape index (κ3) is 7.09. The predicted octanol–water partition coefficient (Wildman–Crippen LogP) is 3.01. The zero-order chi connectivity index (χ0) is 14.1. The average molecular weight is 263 g/mol. The molecule has 1 aromatic carbocycles. The predicted molar refractivity (Wildman–Crippen MR) is 78.6 cm³/mol. The summed E-state index contributed by atoms with van der Waals surface area (Å²) in [5.41, 5.74) is 0.813. The standard InChI is InChI=1S/C16H25NO2/c1-14(2)19-13-12-17(3)11-7-10-16(18)15-8-5-4-6-9-15/h4-6,8-9,14H,7,10-13H2,1-3H3. The molecule has 0 amide bonds. The minimum atomic E-state index is 0.229. The fraction of sp³-hybridized carbons (Fsp3) is 0.562. The van der Waals surface area contributed by atoms with E-state index in [1.165, 1.54) is 0 Å². The molecule has 1 aromatic rings. The van der Waals surface area contributed by atoms with Gasteiger partial charge in [0.05, 0.1) is 12.7 Å². The van der Waals surface area contributed by atoms with E-state index >= 15 is 0 Å². The van der Waals surface area contributed by atoms with Gasteiger partial charge < -0.3 is 9.64 Å². The lowest BCUT2D eigenvalue weighted by Crippen LogP contribution is -2.25. The molecule has 0 atom stereocenters. The fourth-order valence-electron chi connectivity index (χ4n) is 1.83. The number of carbonyl (C=O) groups excluding carboxylic acids is 1. The number of rotatable bonds is 9. The van der Waals surface area contributed by atoms with Crippen molar-refractivity contribution in [2.45, 2.75) is 32.8 Å². The first kappa shape index (κ1) is 15.9. The lowest BCUT2D eigenvalue weighted by Gasteiger charge is -2.17. The van der Waals surface area contributed by atoms with Gasteiger partial charge in [0, 0.05) is 18.5 Å². The van der Waals surface area contributed by atoms with Gasteiger partial charge in [-0.2, -0.15) is 0 Å². The fourth-order valence-corrected chi connectivity index (χ4v) is 1.83. The van der Waals surface area contributed by atoms with Crippen LogP contribution >= 0.6 is 0 Å². The van der Waals surface area contributed by atoms with E-state index in [1.807, 2.05) is 44.2 Å². The second kappa shape index (κ2) is 8.83. The molecule has 0 aliphatic carbocycles. The molecule has 19 heavy (non-hydrogen) atoms. The molecule has 1 rings (SSSR count). The van der Waals surface area contributed by atoms with E-state index in [0.717, 1.165) is 31.7 Å². The largest absolute Gasteiger partial charge is 0.377 e. The molecular weight excluding hydrogens is 238 g/mol. The molecule has 0 N–H and O–H groups in total. The Bertz CT molecular complexity index is 362. The van der Waals surface area contributed by atoms with Gasteiger partial charge in [-0.3, -0.25) is 4.79 Å². The van der Waals surface area contributed by atoms with Crippen LogP contribution in [0.25, 0.3) is 0 Å². The highest BCUT2D eigenvalue weighted by molar-refractivity contribution is 5.95. The minimum Gasteiger partial charge on any atom is -0.377 e. The van der Waals surface area contributed by atoms with Gasteiger partial charge in [-0.1, -0.05) is 30.3 Å². The van der Waals surface area contributed by atoms with E-state index in [0.29, 0.717) is 6.42 Å². The molecule has 0 aliphatic heterocycles. The monoisotopic (exact) mass is 263 g/mol. The van der Waals surface area contributed by atoms with Crippen molar-refractivity contribution < 1.29 is 9.53 Å². The van der Waals surface area contributed by atoms with E-state index in [2.05, 4.69) is 11.9 Å². The summed E-state index contributed by atoms with van der Waals surface area (Å²) in [5.74, 6) is 0.229. The molecule has 0 aliphatic rings. The van der Waals surface area contributed by atoms with Crippen LogP contribution in [0.3, 0.4) is 0 Å². The molecule has 0 radical (unpaired) electrons. The summed E-state index contributed by atoms with van der Waals surface area (Å²) in [7, 11) is 2.07. The first-order valence-corrected chi connectivity index (χ1v) is 6.98. The topological polar surface area (TPSA) is 29.5 Å². The molecule has 0 bridgehead atoms. The van der Waals surface area contributed by atoms with Crippen LogP contribution in [0, 0.1) is 0 Å². The Kier molecular flexibility index (Phi) is 7.38. The number of nitrogens with zero attached hydrogens (tertiary/aromatic N) is 1. The number of ether oxygens (including phenoxy) is 1. The maximum Gasteiger partial charge on any atom is 0.162 e. The second-order valence-electron chi connectivity index (χ2n) is 5.12. The van der Waals surface area contributed by atoms with Gasteiger partial charge in [-0.15, -0.1) is 0 Å². The number of hydrogen-bond donors (Lipinski definition) is 0. The zero-order valence-corrected chi connectivity index (χ0v) is 12.3. The van der Waals surface area contributed by atoms with Gasteiger partial charge in [-0.25, -0.2) is 0 Å². The van der Waals surface area contributed by atoms with Gasteiger partial charge in [-0.05, 0) is 33.9 Å². The van der Waals surface area contributed by atoms with Crippen molar-refractivity contribution in [3.63, 3.8) is 0 Å². The first-order chi connectivity index (χ1) is 9.09. The highest BCUT2D eigenvalue weighted by atomic mass is 16.5. The first-order valence-electron chi connectivity index (χ1n) is 6.98. The Hall–Kier alpha value is -1.19. The normalized spacial score (nSPS) is 11.2. The zero-order valence-electron chi connectivity index (χ0n) is 12.3. The Morgan fingerprint density at radius 2 is 1.89 bits per heavy atom. The number of benzene rings is 1. The molecule has 0 spiro atoms. The van der Waals surface area contributed by atoms with Crippen LogP contribution < -0.4 is 0 Å². The lowest BCUT2D eigenvalue weighted by molar-refractivity contribution is 0.0635. The van der Waals surface area contributed by atoms with Crippen LogP contribution in [-0.2, 0) is 4.74 Å². The van der Waals surface area contributed by atoms with Gasteiger partial charge in [0.15, 0.2) is 5.78 Å². The molecule has 3 heteroatoms. The Morgan fingerprint density at radius 1 is 1.21 bits per heavy atom. The molecule has 0 unspecified atom stereocenters. The van der Waals surface area contributed by atoms with Crippen LogP contribution in [0.2, 0.25) is 0 Å². The summed E-state index contributed by atoms with van der Waals surface area (Å²) in [6, 6.07) is 9.50. The van der Waals surface area contributed by atoms with Crippen molar-refractivity contribution in [2.75, 3.05) is 26.7 Å². The van der Waals surface area contributed by atoms with E-state index in [4.69, 9.17) is 4.74 Å². The quantitative estimate of drug-likeness (QED) is 0.641. The summed E-state index contributed by atoms with van der Waals surface area (Å²) in [4.78, 5) is 14.1. The summed E-state index contributed by atoms with van der Waals surface area (Å²) < 4.78 is 5.50. The van der Waals surface area contributed by atoms with E-state index in [9.17, 15) is 4.79 Å². The van der Waals surface area contributed by atoms with Gasteiger partial charge in [0.2, 0.25) is 0 Å². The average Bonchev–Trinajstić information content (AvgIpc) is 2.39. The van der Waals surface area contributed by atoms with Crippen molar-refractivity contribution >= 4 is 5.78 Å². The van der Waals surface area contributed by atoms with Crippen LogP contribution in [0.4, 0.5) is 0 Å². The smallest absolute Gasteiger partial charge is 0.162 e. The van der Waals surface area contributed by atoms with Crippen molar-refractivity contribution in [1.29, 1.82) is 0 Å². The highest BCUT2D eigenvalue weighted by Crippen LogP contribution is 2.05. The summed E-state index contributed by atoms with van der Waals surface area (Å²) in [5, 5.41) is 0. The number of ketones is 1. The Morgan fingerprint density at radius 3 is 2.53 bits per heavy atom. The summed E-state index contributed by atoms with van der Waals surface area (Å²) >= 11 is 0. The lowest BCUT2D eigenvalue weighted by atomic mass is 10.1. The maximum atomic E-state index is 11.9. The molecule has 0 heterocycles. The van der Waals surface area contributed by atoms with Gasteiger partial charge >= 0.3 is 0 Å². The number of Topliss-reactive ketones (excluding diaryl/α,β-unsaturated/α-hetero) is 1. The molecule has 0 aromatic heterocycles. The third-order valence-corrected chi connectivity index (χ3v) is 2.96. The molecule has 106 valence electrons. The van der Waals surface area contributed by atoms with Crippen molar-refractivity contribution in [1.82, 2.24) is 4.90 Å². The SMILES string of the molecule is CC(C)OCCN(C)CCCC(=O)c1ccccc1. The third-order valence-electron chi connectivity index (χ3n) is 2.96. The van der Waals surface area contributed by atoms with Gasteiger partial charge in [0.1, 0.15) is 0 Å². The summed E-state index contributed by atoms with van der Waals surface area (Å²) in [6.45, 7) is 6.68. The molecule has 0 fully saturated rings. The van der Waals surface area contributed by atoms with Crippen LogP contribution in [0.1, 0.15) is 37.0 Å². The molecular formula is C16H25NO2. The van der Waals surface area contributed by atoms with Gasteiger partial charge in [0.25, 0.3) is 0 Å². The van der Waals surface area contributed by atoms with Crippen molar-refractivity contribution in [2.24, 2.45) is 0 Å². The number of hydrogen-bond acceptors (Lipinski definition) is 3. The van der Waals surface area contributed by atoms with E-state index in [1.54, 1.807) is 0 Å². The highest BCUT2D eigenvalue weighted by Gasteiger charge is 2.06. The van der Waals surface area contributed by atoms with Crippen molar-refractivity contribution in [3.05, 3.63) is 35.9 Å². The Labute approximate surface area is 116 Å². The van der Waals surface area contributed by atoms with Crippen LogP contribution in [0.15, 0.2) is 30.3 Å². The molecule has 0 saturated heterocycles. The van der Waals surface area contributed by atoms with Crippen LogP contribution in [-0.4, -0.2) is 43.5 Å². The Balaban J connectivity index is 2.14. The minimum absolute atomic E-state index is 0.229. The maximum absolute atomic E-state index is 11.9. The summed E-state index contributed by atoms with van der Waals surface area (Å²) in [6.07, 6.45) is 1.79. The van der Waals surface area contributed by atoms with Crippen molar-refractivity contribution in [3.8, 4) is 0 Å². The van der Waals surface area contributed by atoms with Crippen LogP contribution in [0.5, 0.6) is 0 Å². The molecule has 0 saturated carbocycles. The number of carbonyl (C=O) groups is 1. The second-order valence-corrected chi connectivity index (χ2v) is 5.12. The van der Waals surface area contributed by atoms with E-state index in [-0.39, 0.29) is 11.9 Å². The molecule has 3 nitrogen and oxygen atoms in total. The number of likely N-dealkylation sites (N-methyl/N-ethyl adjacent to an activating group) is 1.